The van der Waals surface area contributed by atoms with Gasteiger partial charge < -0.3 is 10.1 Å². The second-order valence-corrected chi connectivity index (χ2v) is 4.76. The molecular weight excluding hydrogens is 236 g/mol. The second kappa shape index (κ2) is 5.85. The van der Waals surface area contributed by atoms with Crippen LogP contribution in [0, 0.1) is 13.8 Å². The van der Waals surface area contributed by atoms with E-state index in [1.165, 1.54) is 16.7 Å². The lowest BCUT2D eigenvalue weighted by molar-refractivity contribution is 0.403. The number of hydrogen-bond acceptors (Lipinski definition) is 3. The zero-order chi connectivity index (χ0) is 13.8. The topological polar surface area (TPSA) is 34.2 Å². The molecule has 0 saturated carbocycles. The summed E-state index contributed by atoms with van der Waals surface area (Å²) < 4.78 is 5.41. The van der Waals surface area contributed by atoms with Crippen LogP contribution in [-0.4, -0.2) is 19.1 Å². The first-order chi connectivity index (χ1) is 9.15. The van der Waals surface area contributed by atoms with E-state index < -0.39 is 0 Å². The van der Waals surface area contributed by atoms with Crippen molar-refractivity contribution in [2.24, 2.45) is 0 Å². The number of rotatable bonds is 4. The lowest BCUT2D eigenvalue weighted by Gasteiger charge is -2.20. The first-order valence-electron chi connectivity index (χ1n) is 6.39. The number of aryl methyl sites for hydroxylation is 2. The maximum Gasteiger partial charge on any atom is 0.142 e. The van der Waals surface area contributed by atoms with Crippen molar-refractivity contribution < 1.29 is 4.74 Å². The van der Waals surface area contributed by atoms with Gasteiger partial charge in [0.1, 0.15) is 5.75 Å². The smallest absolute Gasteiger partial charge is 0.142 e. The largest absolute Gasteiger partial charge is 0.495 e. The first-order valence-corrected chi connectivity index (χ1v) is 6.39. The molecule has 100 valence electrons. The molecule has 3 heteroatoms. The molecule has 1 N–H and O–H groups in total. The predicted molar refractivity (Wildman–Crippen MR) is 77.6 cm³/mol. The molecule has 0 fully saturated rings. The Morgan fingerprint density at radius 3 is 2.42 bits per heavy atom. The van der Waals surface area contributed by atoms with E-state index in [1.807, 2.05) is 13.1 Å². The van der Waals surface area contributed by atoms with Crippen LogP contribution in [0.2, 0.25) is 0 Å². The van der Waals surface area contributed by atoms with Gasteiger partial charge in [0.25, 0.3) is 0 Å². The Kier molecular flexibility index (Phi) is 4.17. The van der Waals surface area contributed by atoms with E-state index in [0.717, 1.165) is 11.3 Å². The van der Waals surface area contributed by atoms with Crippen LogP contribution in [0.4, 0.5) is 0 Å². The first kappa shape index (κ1) is 13.6. The maximum atomic E-state index is 5.41. The lowest BCUT2D eigenvalue weighted by Crippen LogP contribution is -2.18. The van der Waals surface area contributed by atoms with Crippen LogP contribution in [0.5, 0.6) is 5.75 Å². The fraction of sp³-hybridized carbons (Fsp3) is 0.312. The Morgan fingerprint density at radius 2 is 1.84 bits per heavy atom. The number of nitrogens with one attached hydrogen (secondary N) is 1. The number of benzene rings is 1. The fourth-order valence-corrected chi connectivity index (χ4v) is 2.48. The molecule has 0 amide bonds. The van der Waals surface area contributed by atoms with Crippen molar-refractivity contribution in [1.29, 1.82) is 0 Å². The predicted octanol–water partition coefficient (Wildman–Crippen LogP) is 3.02. The summed E-state index contributed by atoms with van der Waals surface area (Å²) >= 11 is 0. The third-order valence-corrected chi connectivity index (χ3v) is 3.21. The summed E-state index contributed by atoms with van der Waals surface area (Å²) in [6, 6.07) is 8.69. The van der Waals surface area contributed by atoms with E-state index in [1.54, 1.807) is 19.5 Å². The van der Waals surface area contributed by atoms with E-state index in [4.69, 9.17) is 4.74 Å². The summed E-state index contributed by atoms with van der Waals surface area (Å²) in [6.07, 6.45) is 3.55. The summed E-state index contributed by atoms with van der Waals surface area (Å²) in [7, 11) is 3.64. The van der Waals surface area contributed by atoms with Crippen molar-refractivity contribution >= 4 is 0 Å². The summed E-state index contributed by atoms with van der Waals surface area (Å²) in [6.45, 7) is 4.24. The van der Waals surface area contributed by atoms with Crippen LogP contribution in [0.3, 0.4) is 0 Å². The van der Waals surface area contributed by atoms with Crippen LogP contribution in [0.25, 0.3) is 0 Å². The van der Waals surface area contributed by atoms with Gasteiger partial charge in [0.15, 0.2) is 0 Å². The number of aromatic nitrogens is 1. The summed E-state index contributed by atoms with van der Waals surface area (Å²) in [5, 5.41) is 3.36. The molecule has 0 radical (unpaired) electrons. The van der Waals surface area contributed by atoms with Crippen molar-refractivity contribution in [3.8, 4) is 5.75 Å². The number of hydrogen-bond donors (Lipinski definition) is 1. The lowest BCUT2D eigenvalue weighted by atomic mass is 9.96. The highest BCUT2D eigenvalue weighted by molar-refractivity contribution is 5.42. The van der Waals surface area contributed by atoms with Gasteiger partial charge in [-0.2, -0.15) is 0 Å². The molecule has 0 bridgehead atoms. The Labute approximate surface area is 114 Å². The molecule has 0 aliphatic carbocycles. The van der Waals surface area contributed by atoms with E-state index >= 15 is 0 Å². The van der Waals surface area contributed by atoms with Gasteiger partial charge in [0, 0.05) is 11.8 Å². The Hall–Kier alpha value is -1.87. The highest BCUT2D eigenvalue weighted by Gasteiger charge is 2.16. The van der Waals surface area contributed by atoms with Crippen molar-refractivity contribution in [2.45, 2.75) is 19.9 Å². The Bertz CT molecular complexity index is 546. The van der Waals surface area contributed by atoms with Gasteiger partial charge in [-0.25, -0.2) is 0 Å². The molecule has 1 aromatic heterocycles. The number of ether oxygens (including phenoxy) is 1. The summed E-state index contributed by atoms with van der Waals surface area (Å²) in [5.74, 6) is 0.806. The van der Waals surface area contributed by atoms with Gasteiger partial charge >= 0.3 is 0 Å². The molecule has 0 aliphatic rings. The number of nitrogens with zero attached hydrogens (tertiary/aromatic N) is 1. The molecule has 19 heavy (non-hydrogen) atoms. The van der Waals surface area contributed by atoms with Crippen molar-refractivity contribution in [2.75, 3.05) is 14.2 Å². The minimum absolute atomic E-state index is 0.108. The van der Waals surface area contributed by atoms with Gasteiger partial charge in [-0.15, -0.1) is 0 Å². The molecule has 2 aromatic rings. The van der Waals surface area contributed by atoms with Gasteiger partial charge in [-0.1, -0.05) is 29.3 Å². The van der Waals surface area contributed by atoms with E-state index in [0.29, 0.717) is 0 Å². The quantitative estimate of drug-likeness (QED) is 0.913. The van der Waals surface area contributed by atoms with Crippen LogP contribution >= 0.6 is 0 Å². The molecular formula is C16H20N2O. The second-order valence-electron chi connectivity index (χ2n) is 4.76. The molecule has 0 spiro atoms. The van der Waals surface area contributed by atoms with E-state index in [9.17, 15) is 0 Å². The Morgan fingerprint density at radius 1 is 1.16 bits per heavy atom. The molecule has 1 aromatic carbocycles. The average Bonchev–Trinajstić information content (AvgIpc) is 2.39. The minimum Gasteiger partial charge on any atom is -0.495 e. The minimum atomic E-state index is 0.108. The average molecular weight is 256 g/mol. The van der Waals surface area contributed by atoms with Crippen molar-refractivity contribution in [1.82, 2.24) is 10.3 Å². The number of pyridine rings is 1. The molecule has 1 atom stereocenters. The highest BCUT2D eigenvalue weighted by atomic mass is 16.5. The van der Waals surface area contributed by atoms with Crippen LogP contribution in [0.1, 0.15) is 28.3 Å². The van der Waals surface area contributed by atoms with Crippen LogP contribution in [0.15, 0.2) is 36.7 Å². The molecule has 1 heterocycles. The van der Waals surface area contributed by atoms with Gasteiger partial charge in [0.05, 0.1) is 19.3 Å². The van der Waals surface area contributed by atoms with Gasteiger partial charge in [-0.05, 0) is 32.5 Å². The Balaban J connectivity index is 2.49. The normalized spacial score (nSPS) is 12.2. The third kappa shape index (κ3) is 2.93. The SMILES string of the molecule is CNC(c1cc(C)cc(C)c1)c1ccncc1OC. The molecule has 2 rings (SSSR count). The van der Waals surface area contributed by atoms with E-state index in [2.05, 4.69) is 42.3 Å². The maximum absolute atomic E-state index is 5.41. The monoisotopic (exact) mass is 256 g/mol. The zero-order valence-electron chi connectivity index (χ0n) is 11.9. The highest BCUT2D eigenvalue weighted by Crippen LogP contribution is 2.29. The van der Waals surface area contributed by atoms with E-state index in [-0.39, 0.29) is 6.04 Å². The zero-order valence-corrected chi connectivity index (χ0v) is 11.9. The molecule has 3 nitrogen and oxygen atoms in total. The fourth-order valence-electron chi connectivity index (χ4n) is 2.48. The van der Waals surface area contributed by atoms with Gasteiger partial charge in [-0.3, -0.25) is 4.98 Å². The molecule has 1 unspecified atom stereocenters. The molecule has 0 saturated heterocycles. The van der Waals surface area contributed by atoms with Crippen LogP contribution < -0.4 is 10.1 Å². The third-order valence-electron chi connectivity index (χ3n) is 3.21. The van der Waals surface area contributed by atoms with Crippen molar-refractivity contribution in [3.05, 3.63) is 58.9 Å². The van der Waals surface area contributed by atoms with Crippen molar-refractivity contribution in [3.63, 3.8) is 0 Å². The number of methoxy groups -OCH3 is 1. The summed E-state index contributed by atoms with van der Waals surface area (Å²) in [5.41, 5.74) is 4.88. The van der Waals surface area contributed by atoms with Crippen LogP contribution in [-0.2, 0) is 0 Å². The molecule has 0 aliphatic heterocycles. The standard InChI is InChI=1S/C16H20N2O/c1-11-7-12(2)9-13(8-11)16(17-3)14-5-6-18-10-15(14)19-4/h5-10,16-17H,1-4H3. The summed E-state index contributed by atoms with van der Waals surface area (Å²) in [4.78, 5) is 4.11. The van der Waals surface area contributed by atoms with Gasteiger partial charge in [0.2, 0.25) is 0 Å².